The molecule has 0 aliphatic rings. The van der Waals surface area contributed by atoms with E-state index in [4.69, 9.17) is 11.6 Å². The summed E-state index contributed by atoms with van der Waals surface area (Å²) in [5, 5.41) is 0.388. The highest BCUT2D eigenvalue weighted by molar-refractivity contribution is 6.33. The molecular weight excluding hydrogens is 368 g/mol. The maximum Gasteiger partial charge on any atom is 0.416 e. The summed E-state index contributed by atoms with van der Waals surface area (Å²) in [5.74, 6) is -0.914. The fourth-order valence-corrected chi connectivity index (χ4v) is 2.61. The SMILES string of the molecule is CCN(C)C=Nc1cc(C)c(Cc2cc(F)cc(C(F)(F)F)c2)cc1Cl. The van der Waals surface area contributed by atoms with Gasteiger partial charge in [-0.25, -0.2) is 9.38 Å². The van der Waals surface area contributed by atoms with Crippen LogP contribution in [-0.4, -0.2) is 24.8 Å². The van der Waals surface area contributed by atoms with Gasteiger partial charge in [0, 0.05) is 13.6 Å². The summed E-state index contributed by atoms with van der Waals surface area (Å²) < 4.78 is 52.1. The van der Waals surface area contributed by atoms with E-state index in [2.05, 4.69) is 4.99 Å². The van der Waals surface area contributed by atoms with Gasteiger partial charge in [0.15, 0.2) is 0 Å². The number of hydrogen-bond donors (Lipinski definition) is 0. The Labute approximate surface area is 155 Å². The van der Waals surface area contributed by atoms with Crippen LogP contribution in [0.4, 0.5) is 23.2 Å². The molecule has 140 valence electrons. The van der Waals surface area contributed by atoms with Gasteiger partial charge in [-0.1, -0.05) is 11.6 Å². The summed E-state index contributed by atoms with van der Waals surface area (Å²) in [6, 6.07) is 5.98. The van der Waals surface area contributed by atoms with Gasteiger partial charge in [0.1, 0.15) is 5.82 Å². The highest BCUT2D eigenvalue weighted by Gasteiger charge is 2.31. The molecule has 0 spiro atoms. The van der Waals surface area contributed by atoms with E-state index in [1.807, 2.05) is 25.8 Å². The average molecular weight is 387 g/mol. The first-order chi connectivity index (χ1) is 12.1. The van der Waals surface area contributed by atoms with E-state index in [0.717, 1.165) is 29.8 Å². The van der Waals surface area contributed by atoms with Crippen LogP contribution in [0.25, 0.3) is 0 Å². The Morgan fingerprint density at radius 3 is 2.46 bits per heavy atom. The molecule has 0 aromatic heterocycles. The number of hydrogen-bond acceptors (Lipinski definition) is 1. The van der Waals surface area contributed by atoms with Crippen molar-refractivity contribution in [3.63, 3.8) is 0 Å². The molecule has 0 aliphatic carbocycles. The first-order valence-corrected chi connectivity index (χ1v) is 8.38. The molecule has 2 aromatic rings. The quantitative estimate of drug-likeness (QED) is 0.349. The third kappa shape index (κ3) is 5.21. The summed E-state index contributed by atoms with van der Waals surface area (Å²) in [5.41, 5.74) is 1.34. The van der Waals surface area contributed by atoms with Crippen LogP contribution < -0.4 is 0 Å². The van der Waals surface area contributed by atoms with Crippen molar-refractivity contribution in [1.29, 1.82) is 0 Å². The molecule has 0 amide bonds. The monoisotopic (exact) mass is 386 g/mol. The molecule has 0 unspecified atom stereocenters. The van der Waals surface area contributed by atoms with E-state index in [9.17, 15) is 17.6 Å². The third-order valence-corrected chi connectivity index (χ3v) is 4.28. The molecule has 2 aromatic carbocycles. The zero-order valence-corrected chi connectivity index (χ0v) is 15.4. The molecule has 0 N–H and O–H groups in total. The first-order valence-electron chi connectivity index (χ1n) is 8.00. The van der Waals surface area contributed by atoms with Gasteiger partial charge in [0.2, 0.25) is 0 Å². The van der Waals surface area contributed by atoms with Crippen molar-refractivity contribution in [2.45, 2.75) is 26.4 Å². The predicted molar refractivity (Wildman–Crippen MR) is 96.9 cm³/mol. The van der Waals surface area contributed by atoms with E-state index in [0.29, 0.717) is 16.8 Å². The fourth-order valence-electron chi connectivity index (χ4n) is 2.38. The number of aliphatic imine (C=N–C) groups is 1. The van der Waals surface area contributed by atoms with Crippen LogP contribution in [-0.2, 0) is 12.6 Å². The normalized spacial score (nSPS) is 12.0. The van der Waals surface area contributed by atoms with Crippen molar-refractivity contribution >= 4 is 23.6 Å². The molecule has 0 heterocycles. The van der Waals surface area contributed by atoms with Gasteiger partial charge in [0.05, 0.1) is 22.6 Å². The molecular formula is C19H19ClF4N2. The lowest BCUT2D eigenvalue weighted by atomic mass is 9.98. The minimum atomic E-state index is -4.59. The Kier molecular flexibility index (Phi) is 6.29. The Bertz CT molecular complexity index is 816. The molecule has 0 saturated heterocycles. The standard InChI is InChI=1S/C19H19ClF4N2/c1-4-26(3)11-25-18-5-12(2)14(9-17(18)20)6-13-7-15(19(22,23)24)10-16(21)8-13/h5,7-11H,4,6H2,1-3H3. The van der Waals surface area contributed by atoms with Gasteiger partial charge in [-0.2, -0.15) is 13.2 Å². The third-order valence-electron chi connectivity index (χ3n) is 3.98. The van der Waals surface area contributed by atoms with E-state index >= 15 is 0 Å². The van der Waals surface area contributed by atoms with E-state index in [-0.39, 0.29) is 12.0 Å². The molecule has 26 heavy (non-hydrogen) atoms. The summed E-state index contributed by atoms with van der Waals surface area (Å²) in [6.07, 6.45) is -2.79. The van der Waals surface area contributed by atoms with E-state index in [1.54, 1.807) is 18.5 Å². The molecule has 0 bridgehead atoms. The maximum atomic E-state index is 13.6. The molecule has 7 heteroatoms. The van der Waals surface area contributed by atoms with Gasteiger partial charge in [-0.05, 0) is 67.3 Å². The predicted octanol–water partition coefficient (Wildman–Crippen LogP) is 6.01. The smallest absolute Gasteiger partial charge is 0.366 e. The summed E-state index contributed by atoms with van der Waals surface area (Å²) in [4.78, 5) is 6.19. The number of alkyl halides is 3. The van der Waals surface area contributed by atoms with E-state index in [1.165, 1.54) is 0 Å². The summed E-state index contributed by atoms with van der Waals surface area (Å²) in [7, 11) is 1.88. The molecule has 0 saturated carbocycles. The number of rotatable bonds is 5. The highest BCUT2D eigenvalue weighted by Crippen LogP contribution is 2.33. The molecule has 2 rings (SSSR count). The van der Waals surface area contributed by atoms with Crippen LogP contribution >= 0.6 is 11.6 Å². The number of halogens is 5. The first kappa shape index (κ1) is 20.2. The van der Waals surface area contributed by atoms with Crippen LogP contribution in [0.2, 0.25) is 5.02 Å². The minimum Gasteiger partial charge on any atom is -0.366 e. The second-order valence-electron chi connectivity index (χ2n) is 6.07. The van der Waals surface area contributed by atoms with Crippen molar-refractivity contribution in [2.24, 2.45) is 4.99 Å². The van der Waals surface area contributed by atoms with Crippen LogP contribution in [0.15, 0.2) is 35.3 Å². The van der Waals surface area contributed by atoms with E-state index < -0.39 is 17.6 Å². The van der Waals surface area contributed by atoms with Crippen LogP contribution in [0, 0.1) is 12.7 Å². The van der Waals surface area contributed by atoms with Gasteiger partial charge >= 0.3 is 6.18 Å². The summed E-state index contributed by atoms with van der Waals surface area (Å²) >= 11 is 6.24. The Morgan fingerprint density at radius 1 is 1.15 bits per heavy atom. The summed E-state index contributed by atoms with van der Waals surface area (Å²) in [6.45, 7) is 4.59. The largest absolute Gasteiger partial charge is 0.416 e. The van der Waals surface area contributed by atoms with Crippen molar-refractivity contribution in [3.8, 4) is 0 Å². The highest BCUT2D eigenvalue weighted by atomic mass is 35.5. The lowest BCUT2D eigenvalue weighted by Crippen LogP contribution is -2.14. The zero-order valence-electron chi connectivity index (χ0n) is 14.7. The van der Waals surface area contributed by atoms with Crippen molar-refractivity contribution in [1.82, 2.24) is 4.90 Å². The molecule has 0 aliphatic heterocycles. The van der Waals surface area contributed by atoms with Gasteiger partial charge in [-0.3, -0.25) is 0 Å². The van der Waals surface area contributed by atoms with Crippen LogP contribution in [0.3, 0.4) is 0 Å². The Hall–Kier alpha value is -2.08. The van der Waals surface area contributed by atoms with Crippen molar-refractivity contribution in [3.05, 3.63) is 63.4 Å². The van der Waals surface area contributed by atoms with Crippen molar-refractivity contribution < 1.29 is 17.6 Å². The molecule has 0 fully saturated rings. The van der Waals surface area contributed by atoms with Gasteiger partial charge in [0.25, 0.3) is 0 Å². The van der Waals surface area contributed by atoms with Gasteiger partial charge < -0.3 is 4.90 Å². The second kappa shape index (κ2) is 8.08. The zero-order chi connectivity index (χ0) is 19.5. The van der Waals surface area contributed by atoms with Crippen LogP contribution in [0.5, 0.6) is 0 Å². The number of nitrogens with zero attached hydrogens (tertiary/aromatic N) is 2. The average Bonchev–Trinajstić information content (AvgIpc) is 2.55. The Balaban J connectivity index is 2.32. The van der Waals surface area contributed by atoms with Crippen molar-refractivity contribution in [2.75, 3.05) is 13.6 Å². The number of aryl methyl sites for hydroxylation is 1. The maximum absolute atomic E-state index is 13.6. The lowest BCUT2D eigenvalue weighted by Gasteiger charge is -2.13. The molecule has 2 nitrogen and oxygen atoms in total. The molecule has 0 atom stereocenters. The molecule has 0 radical (unpaired) electrons. The number of benzene rings is 2. The minimum absolute atomic E-state index is 0.144. The topological polar surface area (TPSA) is 15.6 Å². The lowest BCUT2D eigenvalue weighted by molar-refractivity contribution is -0.137. The van der Waals surface area contributed by atoms with Crippen LogP contribution in [0.1, 0.15) is 29.2 Å². The second-order valence-corrected chi connectivity index (χ2v) is 6.48. The fraction of sp³-hybridized carbons (Fsp3) is 0.316. The van der Waals surface area contributed by atoms with Gasteiger partial charge in [-0.15, -0.1) is 0 Å². The Morgan fingerprint density at radius 2 is 1.85 bits per heavy atom.